The summed E-state index contributed by atoms with van der Waals surface area (Å²) in [4.78, 5) is 50.1. The van der Waals surface area contributed by atoms with Crippen LogP contribution < -0.4 is 5.32 Å². The van der Waals surface area contributed by atoms with Gasteiger partial charge in [-0.1, -0.05) is 37.3 Å². The van der Waals surface area contributed by atoms with Crippen molar-refractivity contribution in [2.24, 2.45) is 0 Å². The average molecular weight is 346 g/mol. The molecule has 1 aromatic rings. The summed E-state index contributed by atoms with van der Waals surface area (Å²) in [6.45, 7) is 3.77. The first kappa shape index (κ1) is 18.6. The second kappa shape index (κ2) is 7.92. The summed E-state index contributed by atoms with van der Waals surface area (Å²) in [5.74, 6) is -1.55. The van der Waals surface area contributed by atoms with Crippen molar-refractivity contribution in [2.75, 3.05) is 13.2 Å². The van der Waals surface area contributed by atoms with E-state index in [1.54, 1.807) is 44.2 Å². The lowest BCUT2D eigenvalue weighted by molar-refractivity contribution is -0.147. The van der Waals surface area contributed by atoms with Crippen LogP contribution in [-0.4, -0.2) is 41.9 Å². The Labute approximate surface area is 146 Å². The van der Waals surface area contributed by atoms with E-state index in [9.17, 15) is 19.2 Å². The van der Waals surface area contributed by atoms with E-state index in [1.165, 1.54) is 0 Å². The molecule has 1 saturated heterocycles. The van der Waals surface area contributed by atoms with E-state index in [-0.39, 0.29) is 38.4 Å². The highest BCUT2D eigenvalue weighted by atomic mass is 16.5. The Morgan fingerprint density at radius 2 is 1.84 bits per heavy atom. The number of rotatable bonds is 7. The third-order valence-corrected chi connectivity index (χ3v) is 4.33. The number of nitrogens with zero attached hydrogens (tertiary/aromatic N) is 1. The van der Waals surface area contributed by atoms with E-state index in [2.05, 4.69) is 5.32 Å². The zero-order valence-electron chi connectivity index (χ0n) is 14.4. The fourth-order valence-electron chi connectivity index (χ4n) is 3.00. The van der Waals surface area contributed by atoms with Crippen LogP contribution in [0.4, 0.5) is 4.79 Å². The molecule has 2 rings (SSSR count). The molecule has 1 aliphatic rings. The molecule has 0 saturated carbocycles. The van der Waals surface area contributed by atoms with Gasteiger partial charge in [-0.15, -0.1) is 0 Å². The first-order valence-corrected chi connectivity index (χ1v) is 8.35. The Hall–Kier alpha value is -2.70. The molecule has 7 heteroatoms. The number of carbonyl (C=O) groups is 4. The van der Waals surface area contributed by atoms with Gasteiger partial charge in [-0.2, -0.15) is 0 Å². The van der Waals surface area contributed by atoms with Gasteiger partial charge in [-0.25, -0.2) is 4.79 Å². The van der Waals surface area contributed by atoms with Crippen molar-refractivity contribution >= 4 is 23.8 Å². The molecule has 1 fully saturated rings. The molecular formula is C18H22N2O5. The number of nitrogens with one attached hydrogen (secondary N) is 1. The molecule has 1 unspecified atom stereocenters. The van der Waals surface area contributed by atoms with Crippen molar-refractivity contribution < 1.29 is 23.9 Å². The van der Waals surface area contributed by atoms with Crippen molar-refractivity contribution in [1.29, 1.82) is 0 Å². The van der Waals surface area contributed by atoms with Gasteiger partial charge in [0.05, 0.1) is 6.61 Å². The van der Waals surface area contributed by atoms with Crippen molar-refractivity contribution in [2.45, 2.75) is 38.5 Å². The molecule has 0 bridgehead atoms. The quantitative estimate of drug-likeness (QED) is 0.600. The van der Waals surface area contributed by atoms with Gasteiger partial charge in [0.25, 0.3) is 5.91 Å². The third-order valence-electron chi connectivity index (χ3n) is 4.33. The maximum absolute atomic E-state index is 13.0. The molecule has 0 spiro atoms. The molecule has 0 aliphatic carbocycles. The van der Waals surface area contributed by atoms with Crippen LogP contribution in [0.3, 0.4) is 0 Å². The second-order valence-electron chi connectivity index (χ2n) is 5.75. The fourth-order valence-corrected chi connectivity index (χ4v) is 3.00. The van der Waals surface area contributed by atoms with E-state index >= 15 is 0 Å². The Morgan fingerprint density at radius 1 is 1.16 bits per heavy atom. The van der Waals surface area contributed by atoms with Crippen molar-refractivity contribution in [3.8, 4) is 0 Å². The van der Waals surface area contributed by atoms with Crippen molar-refractivity contribution in [1.82, 2.24) is 10.2 Å². The number of barbiturate groups is 1. The number of esters is 1. The van der Waals surface area contributed by atoms with Crippen LogP contribution >= 0.6 is 0 Å². The highest BCUT2D eigenvalue weighted by molar-refractivity contribution is 6.22. The summed E-state index contributed by atoms with van der Waals surface area (Å²) >= 11 is 0. The molecule has 1 aromatic carbocycles. The van der Waals surface area contributed by atoms with E-state index in [1.807, 2.05) is 0 Å². The lowest BCUT2D eigenvalue weighted by Gasteiger charge is -2.39. The normalized spacial score (nSPS) is 20.4. The maximum atomic E-state index is 13.0. The Kier molecular flexibility index (Phi) is 5.90. The van der Waals surface area contributed by atoms with Gasteiger partial charge < -0.3 is 4.74 Å². The predicted molar refractivity (Wildman–Crippen MR) is 89.5 cm³/mol. The van der Waals surface area contributed by atoms with E-state index in [4.69, 9.17) is 4.74 Å². The summed E-state index contributed by atoms with van der Waals surface area (Å²) in [6.07, 6.45) is 0.605. The van der Waals surface area contributed by atoms with Gasteiger partial charge in [-0.05, 0) is 25.3 Å². The Bertz CT molecular complexity index is 673. The lowest BCUT2D eigenvalue weighted by Crippen LogP contribution is -2.65. The maximum Gasteiger partial charge on any atom is 0.330 e. The van der Waals surface area contributed by atoms with Crippen molar-refractivity contribution in [3.63, 3.8) is 0 Å². The molecule has 134 valence electrons. The molecule has 7 nitrogen and oxygen atoms in total. The highest BCUT2D eigenvalue weighted by Crippen LogP contribution is 2.33. The standard InChI is InChI=1S/C18H22N2O5/c1-3-18(13-9-6-5-7-10-13)15(22)19-17(24)20(16(18)23)12-8-11-14(21)25-4-2/h5-7,9-10H,3-4,8,11-12H2,1-2H3,(H,19,22,24). The molecular weight excluding hydrogens is 324 g/mol. The number of amides is 4. The van der Waals surface area contributed by atoms with Gasteiger partial charge in [0.2, 0.25) is 5.91 Å². The van der Waals surface area contributed by atoms with Gasteiger partial charge in [0, 0.05) is 13.0 Å². The first-order valence-electron chi connectivity index (χ1n) is 8.35. The largest absolute Gasteiger partial charge is 0.466 e. The van der Waals surface area contributed by atoms with Gasteiger partial charge >= 0.3 is 12.0 Å². The Morgan fingerprint density at radius 3 is 2.44 bits per heavy atom. The highest BCUT2D eigenvalue weighted by Gasteiger charge is 2.53. The number of hydrogen-bond donors (Lipinski definition) is 1. The molecule has 1 atom stereocenters. The molecule has 1 aliphatic heterocycles. The van der Waals surface area contributed by atoms with Crippen LogP contribution in [0, 0.1) is 0 Å². The molecule has 1 N–H and O–H groups in total. The van der Waals surface area contributed by atoms with Crippen LogP contribution in [0.5, 0.6) is 0 Å². The number of urea groups is 1. The van der Waals surface area contributed by atoms with Crippen LogP contribution in [0.2, 0.25) is 0 Å². The minimum atomic E-state index is -1.43. The van der Waals surface area contributed by atoms with Crippen LogP contribution in [0.25, 0.3) is 0 Å². The van der Waals surface area contributed by atoms with Crippen LogP contribution in [-0.2, 0) is 24.5 Å². The second-order valence-corrected chi connectivity index (χ2v) is 5.75. The summed E-state index contributed by atoms with van der Waals surface area (Å²) in [5.41, 5.74) is -0.887. The zero-order valence-corrected chi connectivity index (χ0v) is 14.4. The summed E-state index contributed by atoms with van der Waals surface area (Å²) < 4.78 is 4.84. The zero-order chi connectivity index (χ0) is 18.4. The number of ether oxygens (including phenoxy) is 1. The van der Waals surface area contributed by atoms with Crippen molar-refractivity contribution in [3.05, 3.63) is 35.9 Å². The van der Waals surface area contributed by atoms with E-state index in [0.29, 0.717) is 5.56 Å². The average Bonchev–Trinajstić information content (AvgIpc) is 2.60. The molecule has 1 heterocycles. The molecule has 0 radical (unpaired) electrons. The summed E-state index contributed by atoms with van der Waals surface area (Å²) in [7, 11) is 0. The lowest BCUT2D eigenvalue weighted by atomic mass is 9.74. The SMILES string of the molecule is CCOC(=O)CCCN1C(=O)NC(=O)C(CC)(c2ccccc2)C1=O. The minimum Gasteiger partial charge on any atom is -0.466 e. The third kappa shape index (κ3) is 3.55. The molecule has 4 amide bonds. The number of benzene rings is 1. The first-order chi connectivity index (χ1) is 12.0. The van der Waals surface area contributed by atoms with Crippen LogP contribution in [0.15, 0.2) is 30.3 Å². The van der Waals surface area contributed by atoms with E-state index < -0.39 is 23.3 Å². The number of imide groups is 2. The monoisotopic (exact) mass is 346 g/mol. The minimum absolute atomic E-state index is 0.0470. The molecule has 25 heavy (non-hydrogen) atoms. The number of carbonyl (C=O) groups excluding carboxylic acids is 4. The van der Waals surface area contributed by atoms with Crippen LogP contribution in [0.1, 0.15) is 38.7 Å². The van der Waals surface area contributed by atoms with Gasteiger partial charge in [-0.3, -0.25) is 24.6 Å². The fraction of sp³-hybridized carbons (Fsp3) is 0.444. The molecule has 0 aromatic heterocycles. The smallest absolute Gasteiger partial charge is 0.330 e. The van der Waals surface area contributed by atoms with Gasteiger partial charge in [0.1, 0.15) is 0 Å². The van der Waals surface area contributed by atoms with E-state index in [0.717, 1.165) is 4.90 Å². The van der Waals surface area contributed by atoms with Gasteiger partial charge in [0.15, 0.2) is 5.41 Å². The summed E-state index contributed by atoms with van der Waals surface area (Å²) in [5, 5.41) is 2.27. The summed E-state index contributed by atoms with van der Waals surface area (Å²) in [6, 6.07) is 7.93. The predicted octanol–water partition coefficient (Wildman–Crippen LogP) is 1.76. The topological polar surface area (TPSA) is 92.8 Å². The number of hydrogen-bond acceptors (Lipinski definition) is 5. The Balaban J connectivity index is 2.22.